The zero-order valence-electron chi connectivity index (χ0n) is 38.5. The van der Waals surface area contributed by atoms with Crippen molar-refractivity contribution in [3.05, 3.63) is 60.2 Å². The number of carbonyl (C=O) groups is 2. The highest BCUT2D eigenvalue weighted by molar-refractivity contribution is 5.89. The molecule has 4 N–H and O–H groups in total. The molecule has 7 rings (SSSR count). The van der Waals surface area contributed by atoms with E-state index in [0.29, 0.717) is 19.5 Å². The van der Waals surface area contributed by atoms with Gasteiger partial charge in [0.25, 0.3) is 0 Å². The first-order valence-corrected chi connectivity index (χ1v) is 23.8. The lowest BCUT2D eigenvalue weighted by Gasteiger charge is -2.72. The van der Waals surface area contributed by atoms with Crippen molar-refractivity contribution >= 4 is 11.9 Å². The molecule has 0 radical (unpaired) electrons. The number of rotatable bonds is 23. The first kappa shape index (κ1) is 48.2. The van der Waals surface area contributed by atoms with Crippen LogP contribution in [-0.2, 0) is 33.2 Å². The molecule has 352 valence electrons. The molecule has 1 unspecified atom stereocenters. The van der Waals surface area contributed by atoms with Crippen LogP contribution >= 0.6 is 0 Å². The molecule has 63 heavy (non-hydrogen) atoms. The third-order valence-corrected chi connectivity index (χ3v) is 16.5. The Balaban J connectivity index is 1.22. The van der Waals surface area contributed by atoms with Gasteiger partial charge in [-0.05, 0) is 57.2 Å². The van der Waals surface area contributed by atoms with E-state index in [1.807, 2.05) is 6.92 Å². The molecule has 6 aliphatic rings. The lowest BCUT2D eigenvalue weighted by atomic mass is 9.40. The van der Waals surface area contributed by atoms with E-state index in [0.717, 1.165) is 44.9 Å². The Morgan fingerprint density at radius 3 is 2.14 bits per heavy atom. The van der Waals surface area contributed by atoms with Crippen LogP contribution in [0.2, 0.25) is 0 Å². The molecule has 7 bridgehead atoms. The minimum Gasteiger partial charge on any atom is -0.455 e. The quantitative estimate of drug-likeness (QED) is 0.0613. The Bertz CT molecular complexity index is 1780. The lowest BCUT2D eigenvalue weighted by Crippen LogP contribution is -2.85. The summed E-state index contributed by atoms with van der Waals surface area (Å²) in [5.41, 5.74) is -8.26. The van der Waals surface area contributed by atoms with Crippen LogP contribution in [0.4, 0.5) is 0 Å². The molecule has 1 aliphatic heterocycles. The summed E-state index contributed by atoms with van der Waals surface area (Å²) < 4.78 is 38.2. The summed E-state index contributed by atoms with van der Waals surface area (Å²) in [5.74, 6) is -4.20. The zero-order valence-corrected chi connectivity index (χ0v) is 38.5. The molecule has 0 aromatic heterocycles. The topological polar surface area (TPSA) is 174 Å². The van der Waals surface area contributed by atoms with Gasteiger partial charge in [-0.15, -0.1) is 0 Å². The molecule has 15 atom stereocenters. The lowest BCUT2D eigenvalue weighted by molar-refractivity contribution is -0.355. The van der Waals surface area contributed by atoms with Gasteiger partial charge in [0.05, 0.1) is 42.0 Å². The Hall–Kier alpha value is -2.72. The number of aliphatic hydroxyl groups excluding tert-OH is 2. The predicted molar refractivity (Wildman–Crippen MR) is 236 cm³/mol. The van der Waals surface area contributed by atoms with Crippen LogP contribution in [-0.4, -0.2) is 145 Å². The minimum atomic E-state index is -2.14. The highest BCUT2D eigenvalue weighted by Gasteiger charge is 2.96. The molecule has 13 heteroatoms. The number of unbranched alkanes of at least 4 members (excludes halogenated alkanes) is 8. The fourth-order valence-electron chi connectivity index (χ4n) is 14.4. The van der Waals surface area contributed by atoms with Crippen LogP contribution in [0, 0.1) is 28.6 Å². The summed E-state index contributed by atoms with van der Waals surface area (Å²) >= 11 is 0. The second-order valence-corrected chi connectivity index (χ2v) is 19.5. The van der Waals surface area contributed by atoms with E-state index in [1.54, 1.807) is 51.7 Å². The summed E-state index contributed by atoms with van der Waals surface area (Å²) in [6.07, 6.45) is 12.8. The number of likely N-dealkylation sites (tertiary alicyclic amines) is 1. The average Bonchev–Trinajstić information content (AvgIpc) is 3.63. The second kappa shape index (κ2) is 19.6. The van der Waals surface area contributed by atoms with Gasteiger partial charge >= 0.3 is 11.9 Å². The monoisotopic (exact) mass is 882 g/mol. The van der Waals surface area contributed by atoms with Crippen LogP contribution in [0.5, 0.6) is 0 Å². The highest BCUT2D eigenvalue weighted by atomic mass is 16.6. The molecular weight excluding hydrogens is 807 g/mol. The minimum absolute atomic E-state index is 0.0502. The normalized spacial score (nSPS) is 41.1. The molecule has 1 aromatic rings. The summed E-state index contributed by atoms with van der Waals surface area (Å²) in [6.45, 7) is 5.18. The van der Waals surface area contributed by atoms with Crippen LogP contribution in [0.15, 0.2) is 54.6 Å². The van der Waals surface area contributed by atoms with E-state index in [4.69, 9.17) is 28.4 Å². The molecule has 1 aromatic carbocycles. The van der Waals surface area contributed by atoms with E-state index in [9.17, 15) is 30.0 Å². The number of nitrogens with zero attached hydrogens (tertiary/aromatic N) is 1. The van der Waals surface area contributed by atoms with Gasteiger partial charge in [-0.25, -0.2) is 4.79 Å². The van der Waals surface area contributed by atoms with Crippen molar-refractivity contribution in [2.24, 2.45) is 28.6 Å². The summed E-state index contributed by atoms with van der Waals surface area (Å²) in [6, 6.07) is 7.75. The fraction of sp³-hybridized carbons (Fsp3) is 0.760. The van der Waals surface area contributed by atoms with Gasteiger partial charge in [0.1, 0.15) is 23.9 Å². The van der Waals surface area contributed by atoms with E-state index in [-0.39, 0.29) is 25.0 Å². The van der Waals surface area contributed by atoms with Gasteiger partial charge in [-0.1, -0.05) is 88.5 Å². The molecule has 5 saturated carbocycles. The first-order valence-electron chi connectivity index (χ1n) is 23.8. The van der Waals surface area contributed by atoms with Gasteiger partial charge in [0.15, 0.2) is 5.60 Å². The molecule has 5 aliphatic carbocycles. The number of aliphatic hydroxyl groups is 4. The molecule has 13 nitrogen and oxygen atoms in total. The Morgan fingerprint density at radius 1 is 0.825 bits per heavy atom. The SMILES string of the molecule is CCCCC/C=C\C/C=C\CCCCCCCC(=O)O[C@@]12[C@@H]3C4N(CC)C[C@]5(COC)[C@H](O)C[C@H](OC)[C@]4([C@@H]5[C@H]3OC)[C@]3(O)C[C@@](O)([C@H](OC(=O)c4ccccc4)[C@H]13)[C@@H](OC)[C@@H]2O. The Kier molecular flexibility index (Phi) is 15.0. The van der Waals surface area contributed by atoms with Crippen molar-refractivity contribution in [2.45, 2.75) is 163 Å². The third-order valence-electron chi connectivity index (χ3n) is 16.5. The Morgan fingerprint density at radius 2 is 1.51 bits per heavy atom. The van der Waals surface area contributed by atoms with E-state index >= 15 is 0 Å². The maximum absolute atomic E-state index is 14.6. The summed E-state index contributed by atoms with van der Waals surface area (Å²) in [4.78, 5) is 30.9. The maximum atomic E-state index is 14.6. The molecule has 1 spiro atoms. The smallest absolute Gasteiger partial charge is 0.338 e. The largest absolute Gasteiger partial charge is 0.455 e. The maximum Gasteiger partial charge on any atom is 0.338 e. The number of hydrogen-bond acceptors (Lipinski definition) is 13. The number of ether oxygens (including phenoxy) is 6. The molecule has 1 saturated heterocycles. The number of allylic oxidation sites excluding steroid dienone is 4. The standard InChI is InChI=1S/C50H75NO12/c1-7-9-10-11-12-13-14-15-16-17-18-19-20-21-25-28-36(53)63-50-37-38(60-5)39-46(32-58-3)31-51(8-2)41(37)49(39,35(59-4)29-34(46)52)48(57)30-47(56,44(61-6)42(50)54)43(40(48)50)62-45(55)33-26-23-22-24-27-33/h12-13,15-16,22-24,26-27,34-35,37-44,52,54,56-57H,7-11,14,17-21,25,28-32H2,1-6H3/b13-12-,16-15-/t34-,35+,37+,38+,39-,40+,41?,42+,43-,44+,46+,47-,48+,49-,50+/m1/s1. The Labute approximate surface area is 374 Å². The van der Waals surface area contributed by atoms with Gasteiger partial charge < -0.3 is 48.8 Å². The first-order chi connectivity index (χ1) is 30.4. The molecular formula is C50H75NO12. The van der Waals surface area contributed by atoms with Crippen molar-refractivity contribution in [3.63, 3.8) is 0 Å². The molecule has 1 heterocycles. The van der Waals surface area contributed by atoms with Crippen LogP contribution < -0.4 is 0 Å². The number of benzene rings is 1. The van der Waals surface area contributed by atoms with Crippen molar-refractivity contribution in [1.82, 2.24) is 4.90 Å². The number of fused-ring (bicyclic) bond motifs is 2. The van der Waals surface area contributed by atoms with Crippen molar-refractivity contribution in [1.29, 1.82) is 0 Å². The van der Waals surface area contributed by atoms with Crippen LogP contribution in [0.25, 0.3) is 0 Å². The van der Waals surface area contributed by atoms with Gasteiger partial charge in [0.2, 0.25) is 0 Å². The number of hydrogen-bond donors (Lipinski definition) is 4. The van der Waals surface area contributed by atoms with Gasteiger partial charge in [-0.2, -0.15) is 0 Å². The van der Waals surface area contributed by atoms with Gasteiger partial charge in [0, 0.05) is 83.0 Å². The van der Waals surface area contributed by atoms with Crippen molar-refractivity contribution in [2.75, 3.05) is 48.1 Å². The van der Waals surface area contributed by atoms with Crippen molar-refractivity contribution in [3.8, 4) is 0 Å². The van der Waals surface area contributed by atoms with Crippen LogP contribution in [0.1, 0.15) is 114 Å². The molecule has 0 amide bonds. The van der Waals surface area contributed by atoms with E-state index in [1.165, 1.54) is 26.4 Å². The predicted octanol–water partition coefficient (Wildman–Crippen LogP) is 5.56. The number of piperidine rings is 1. The number of methoxy groups -OCH3 is 4. The van der Waals surface area contributed by atoms with Crippen molar-refractivity contribution < 1.29 is 58.4 Å². The zero-order chi connectivity index (χ0) is 45.2. The fourth-order valence-corrected chi connectivity index (χ4v) is 14.4. The second-order valence-electron chi connectivity index (χ2n) is 19.5. The van der Waals surface area contributed by atoms with E-state index < -0.39 is 106 Å². The third kappa shape index (κ3) is 7.48. The van der Waals surface area contributed by atoms with E-state index in [2.05, 4.69) is 36.1 Å². The highest BCUT2D eigenvalue weighted by Crippen LogP contribution is 2.82. The summed E-state index contributed by atoms with van der Waals surface area (Å²) in [7, 11) is 6.07. The van der Waals surface area contributed by atoms with Crippen LogP contribution in [0.3, 0.4) is 0 Å². The number of esters is 2. The molecule has 6 fully saturated rings. The summed E-state index contributed by atoms with van der Waals surface area (Å²) in [5, 5.41) is 52.6. The average molecular weight is 882 g/mol. The number of carbonyl (C=O) groups excluding carboxylic acids is 2. The van der Waals surface area contributed by atoms with Gasteiger partial charge in [-0.3, -0.25) is 9.69 Å².